The first-order chi connectivity index (χ1) is 15.4. The molecular formula is C24H25BrN4O2S. The summed E-state index contributed by atoms with van der Waals surface area (Å²) in [6.07, 6.45) is 0. The quantitative estimate of drug-likeness (QED) is 0.332. The monoisotopic (exact) mass is 512 g/mol. The fraction of sp³-hybridized carbons (Fsp3) is 0.292. The molecule has 2 heterocycles. The number of hydrogen-bond donors (Lipinski definition) is 1. The number of aryl methyl sites for hydroxylation is 2. The third kappa shape index (κ3) is 4.61. The maximum absolute atomic E-state index is 12.9. The van der Waals surface area contributed by atoms with Crippen molar-refractivity contribution in [3.05, 3.63) is 80.5 Å². The van der Waals surface area contributed by atoms with Crippen LogP contribution in [0.2, 0.25) is 0 Å². The molecule has 0 radical (unpaired) electrons. The van der Waals surface area contributed by atoms with E-state index in [0.717, 1.165) is 21.5 Å². The largest absolute Gasteiger partial charge is 0.463 e. The molecule has 0 amide bonds. The number of thioether (sulfide) groups is 1. The van der Waals surface area contributed by atoms with E-state index in [1.165, 1.54) is 16.7 Å². The standard InChI is InChI=1S/C24H25BrN4O2S/c1-5-31-22(30)20-16(4)26-23-27-24(32-13-18-7-6-14(2)12-15(18)3)28-29(23)21(20)17-8-10-19(25)11-9-17/h6-12,21H,5,13H2,1-4H3,(H,26,27,28). The molecule has 1 aromatic heterocycles. The van der Waals surface area contributed by atoms with E-state index in [-0.39, 0.29) is 5.97 Å². The number of carbonyl (C=O) groups is 1. The molecule has 0 saturated carbocycles. The molecule has 0 aliphatic carbocycles. The van der Waals surface area contributed by atoms with Gasteiger partial charge in [0.25, 0.3) is 0 Å². The Bertz CT molecular complexity index is 1190. The van der Waals surface area contributed by atoms with Crippen LogP contribution in [-0.4, -0.2) is 27.3 Å². The summed E-state index contributed by atoms with van der Waals surface area (Å²) < 4.78 is 8.12. The normalized spacial score (nSPS) is 15.3. The van der Waals surface area contributed by atoms with Crippen molar-refractivity contribution in [2.45, 2.75) is 44.6 Å². The van der Waals surface area contributed by atoms with Crippen LogP contribution in [0.4, 0.5) is 5.95 Å². The molecular weight excluding hydrogens is 488 g/mol. The molecule has 1 aliphatic rings. The van der Waals surface area contributed by atoms with E-state index in [2.05, 4.69) is 53.3 Å². The highest BCUT2D eigenvalue weighted by atomic mass is 79.9. The Morgan fingerprint density at radius 2 is 1.94 bits per heavy atom. The summed E-state index contributed by atoms with van der Waals surface area (Å²) in [5.74, 6) is 1.04. The molecule has 2 aromatic carbocycles. The maximum Gasteiger partial charge on any atom is 0.338 e. The van der Waals surface area contributed by atoms with Gasteiger partial charge in [-0.2, -0.15) is 4.98 Å². The Labute approximate surface area is 200 Å². The minimum atomic E-state index is -0.415. The minimum absolute atomic E-state index is 0.309. The van der Waals surface area contributed by atoms with Crippen LogP contribution in [0.15, 0.2) is 63.4 Å². The van der Waals surface area contributed by atoms with Crippen LogP contribution < -0.4 is 5.32 Å². The van der Waals surface area contributed by atoms with Gasteiger partial charge in [0.2, 0.25) is 11.1 Å². The molecule has 1 unspecified atom stereocenters. The summed E-state index contributed by atoms with van der Waals surface area (Å²) in [7, 11) is 0. The predicted octanol–water partition coefficient (Wildman–Crippen LogP) is 5.80. The number of fused-ring (bicyclic) bond motifs is 1. The number of nitrogens with one attached hydrogen (secondary N) is 1. The summed E-state index contributed by atoms with van der Waals surface area (Å²) in [5, 5.41) is 8.68. The lowest BCUT2D eigenvalue weighted by molar-refractivity contribution is -0.139. The molecule has 1 aliphatic heterocycles. The second-order valence-electron chi connectivity index (χ2n) is 7.72. The summed E-state index contributed by atoms with van der Waals surface area (Å²) >= 11 is 5.07. The van der Waals surface area contributed by atoms with E-state index in [0.29, 0.717) is 23.3 Å². The lowest BCUT2D eigenvalue weighted by Gasteiger charge is -2.28. The Balaban J connectivity index is 1.68. The highest BCUT2D eigenvalue weighted by molar-refractivity contribution is 9.10. The topological polar surface area (TPSA) is 69.0 Å². The number of anilines is 1. The molecule has 32 heavy (non-hydrogen) atoms. The van der Waals surface area contributed by atoms with Crippen LogP contribution in [0.3, 0.4) is 0 Å². The second-order valence-corrected chi connectivity index (χ2v) is 9.58. The van der Waals surface area contributed by atoms with Crippen LogP contribution in [-0.2, 0) is 15.3 Å². The maximum atomic E-state index is 12.9. The first-order valence-corrected chi connectivity index (χ1v) is 12.2. The van der Waals surface area contributed by atoms with Crippen molar-refractivity contribution in [2.24, 2.45) is 0 Å². The molecule has 6 nitrogen and oxygen atoms in total. The molecule has 8 heteroatoms. The summed E-state index contributed by atoms with van der Waals surface area (Å²) in [6.45, 7) is 8.21. The van der Waals surface area contributed by atoms with Gasteiger partial charge >= 0.3 is 5.97 Å². The van der Waals surface area contributed by atoms with Crippen LogP contribution >= 0.6 is 27.7 Å². The van der Waals surface area contributed by atoms with Crippen LogP contribution in [0.1, 0.15) is 42.1 Å². The van der Waals surface area contributed by atoms with E-state index in [4.69, 9.17) is 14.8 Å². The fourth-order valence-electron chi connectivity index (χ4n) is 3.77. The van der Waals surface area contributed by atoms with E-state index in [9.17, 15) is 4.79 Å². The first-order valence-electron chi connectivity index (χ1n) is 10.4. The molecule has 166 valence electrons. The summed E-state index contributed by atoms with van der Waals surface area (Å²) in [5.41, 5.74) is 5.97. The molecule has 0 bridgehead atoms. The molecule has 3 aromatic rings. The van der Waals surface area contributed by atoms with Gasteiger partial charge in [0.05, 0.1) is 12.2 Å². The number of rotatable bonds is 6. The smallest absolute Gasteiger partial charge is 0.338 e. The summed E-state index contributed by atoms with van der Waals surface area (Å²) in [6, 6.07) is 13.9. The molecule has 0 fully saturated rings. The Morgan fingerprint density at radius 1 is 1.19 bits per heavy atom. The van der Waals surface area contributed by atoms with Gasteiger partial charge in [-0.05, 0) is 56.5 Å². The third-order valence-corrected chi connectivity index (χ3v) is 6.78. The average molecular weight is 513 g/mol. The number of nitrogens with zero attached hydrogens (tertiary/aromatic N) is 3. The Kier molecular flexibility index (Phi) is 6.71. The van der Waals surface area contributed by atoms with Crippen molar-refractivity contribution in [3.8, 4) is 0 Å². The minimum Gasteiger partial charge on any atom is -0.463 e. The number of aromatic nitrogens is 3. The van der Waals surface area contributed by atoms with E-state index in [1.807, 2.05) is 31.2 Å². The highest BCUT2D eigenvalue weighted by Gasteiger charge is 2.35. The molecule has 0 spiro atoms. The van der Waals surface area contributed by atoms with E-state index < -0.39 is 6.04 Å². The van der Waals surface area contributed by atoms with Gasteiger partial charge < -0.3 is 10.1 Å². The van der Waals surface area contributed by atoms with Crippen molar-refractivity contribution in [2.75, 3.05) is 11.9 Å². The van der Waals surface area contributed by atoms with Crippen molar-refractivity contribution in [3.63, 3.8) is 0 Å². The Hall–Kier alpha value is -2.58. The van der Waals surface area contributed by atoms with Gasteiger partial charge in [0.1, 0.15) is 6.04 Å². The van der Waals surface area contributed by atoms with Gasteiger partial charge in [0, 0.05) is 15.9 Å². The molecule has 1 atom stereocenters. The number of benzene rings is 2. The number of allylic oxidation sites excluding steroid dienone is 1. The van der Waals surface area contributed by atoms with Gasteiger partial charge in [0.15, 0.2) is 0 Å². The number of carbonyl (C=O) groups excluding carboxylic acids is 1. The number of halogens is 1. The zero-order valence-electron chi connectivity index (χ0n) is 18.5. The van der Waals surface area contributed by atoms with Crippen molar-refractivity contribution in [1.82, 2.24) is 14.8 Å². The second kappa shape index (κ2) is 9.50. The molecule has 4 rings (SSSR count). The van der Waals surface area contributed by atoms with Crippen LogP contribution in [0.25, 0.3) is 0 Å². The van der Waals surface area contributed by atoms with Crippen molar-refractivity contribution >= 4 is 39.6 Å². The fourth-order valence-corrected chi connectivity index (χ4v) is 4.94. The van der Waals surface area contributed by atoms with Crippen LogP contribution in [0, 0.1) is 13.8 Å². The summed E-state index contributed by atoms with van der Waals surface area (Å²) in [4.78, 5) is 17.6. The predicted molar refractivity (Wildman–Crippen MR) is 131 cm³/mol. The van der Waals surface area contributed by atoms with Gasteiger partial charge in [-0.15, -0.1) is 5.10 Å². The van der Waals surface area contributed by atoms with Crippen molar-refractivity contribution < 1.29 is 9.53 Å². The lowest BCUT2D eigenvalue weighted by Crippen LogP contribution is -2.29. The van der Waals surface area contributed by atoms with Gasteiger partial charge in [-0.25, -0.2) is 9.48 Å². The number of esters is 1. The number of ether oxygens (including phenoxy) is 1. The first kappa shape index (κ1) is 22.6. The lowest BCUT2D eigenvalue weighted by atomic mass is 9.96. The Morgan fingerprint density at radius 3 is 2.62 bits per heavy atom. The average Bonchev–Trinajstić information content (AvgIpc) is 3.15. The zero-order chi connectivity index (χ0) is 22.8. The van der Waals surface area contributed by atoms with E-state index in [1.54, 1.807) is 23.4 Å². The molecule has 0 saturated heterocycles. The molecule has 1 N–H and O–H groups in total. The highest BCUT2D eigenvalue weighted by Crippen LogP contribution is 2.37. The van der Waals surface area contributed by atoms with Crippen molar-refractivity contribution in [1.29, 1.82) is 0 Å². The van der Waals surface area contributed by atoms with Gasteiger partial charge in [-0.1, -0.05) is 63.6 Å². The number of hydrogen-bond acceptors (Lipinski definition) is 6. The van der Waals surface area contributed by atoms with Gasteiger partial charge in [-0.3, -0.25) is 0 Å². The van der Waals surface area contributed by atoms with E-state index >= 15 is 0 Å². The zero-order valence-corrected chi connectivity index (χ0v) is 20.9. The van der Waals surface area contributed by atoms with Crippen LogP contribution in [0.5, 0.6) is 0 Å². The third-order valence-electron chi connectivity index (χ3n) is 5.37. The SMILES string of the molecule is CCOC(=O)C1=C(C)Nc2nc(SCc3ccc(C)cc3C)nn2C1c1ccc(Br)cc1.